The van der Waals surface area contributed by atoms with E-state index in [0.717, 1.165) is 0 Å². The van der Waals surface area contributed by atoms with Crippen LogP contribution in [-0.2, 0) is 14.3 Å². The molecule has 1 aliphatic rings. The predicted molar refractivity (Wildman–Crippen MR) is 56.7 cm³/mol. The summed E-state index contributed by atoms with van der Waals surface area (Å²) in [6.07, 6.45) is -4.80. The van der Waals surface area contributed by atoms with Crippen LogP contribution in [0.5, 0.6) is 0 Å². The lowest BCUT2D eigenvalue weighted by molar-refractivity contribution is -0.260. The van der Waals surface area contributed by atoms with Gasteiger partial charge in [0.25, 0.3) is 0 Å². The van der Waals surface area contributed by atoms with Crippen molar-refractivity contribution in [3.63, 3.8) is 0 Å². The van der Waals surface area contributed by atoms with Crippen LogP contribution >= 0.6 is 0 Å². The summed E-state index contributed by atoms with van der Waals surface area (Å²) in [5.74, 6) is -0.881. The molecule has 0 aromatic rings. The van der Waals surface area contributed by atoms with Crippen LogP contribution in [0, 0.1) is 5.92 Å². The number of rotatable bonds is 3. The largest absolute Gasteiger partial charge is 0.434 e. The number of aliphatic hydroxyl groups is 3. The van der Waals surface area contributed by atoms with Crippen molar-refractivity contribution in [3.8, 4) is 0 Å². The third-order valence-electron chi connectivity index (χ3n) is 2.63. The van der Waals surface area contributed by atoms with E-state index in [1.807, 2.05) is 0 Å². The zero-order valence-electron chi connectivity index (χ0n) is 9.81. The number of carbonyl (C=O) groups excluding carboxylic acids is 1. The van der Waals surface area contributed by atoms with Gasteiger partial charge >= 0.3 is 5.97 Å². The van der Waals surface area contributed by atoms with Crippen molar-refractivity contribution < 1.29 is 29.6 Å². The fraction of sp³-hybridized carbons (Fsp3) is 0.900. The molecule has 7 heteroatoms. The Hall–Kier alpha value is -0.730. The normalized spacial score (nSPS) is 38.2. The van der Waals surface area contributed by atoms with Crippen LogP contribution in [0.15, 0.2) is 0 Å². The molecule has 0 aromatic heterocycles. The minimum atomic E-state index is -1.31. The highest BCUT2D eigenvalue weighted by Crippen LogP contribution is 2.21. The summed E-state index contributed by atoms with van der Waals surface area (Å²) in [6.45, 7) is 2.79. The molecule has 1 aliphatic heterocycles. The molecular formula is C10H19NO6. The molecule has 1 unspecified atom stereocenters. The Balaban J connectivity index is 2.69. The van der Waals surface area contributed by atoms with Crippen LogP contribution in [0.25, 0.3) is 0 Å². The lowest BCUT2D eigenvalue weighted by Crippen LogP contribution is -2.62. The van der Waals surface area contributed by atoms with Crippen molar-refractivity contribution in [1.29, 1.82) is 0 Å². The summed E-state index contributed by atoms with van der Waals surface area (Å²) in [6, 6.07) is -1.05. The highest BCUT2D eigenvalue weighted by Gasteiger charge is 2.44. The first kappa shape index (κ1) is 14.3. The predicted octanol–water partition coefficient (Wildman–Crippen LogP) is -2.05. The van der Waals surface area contributed by atoms with Gasteiger partial charge in [0, 0.05) is 0 Å². The third kappa shape index (κ3) is 3.14. The summed E-state index contributed by atoms with van der Waals surface area (Å²) >= 11 is 0. The molecule has 0 saturated carbocycles. The first-order valence-corrected chi connectivity index (χ1v) is 5.47. The van der Waals surface area contributed by atoms with E-state index in [4.69, 9.17) is 20.3 Å². The summed E-state index contributed by atoms with van der Waals surface area (Å²) in [5, 5.41) is 28.1. The van der Waals surface area contributed by atoms with Gasteiger partial charge in [0.1, 0.15) is 18.3 Å². The van der Waals surface area contributed by atoms with Crippen LogP contribution in [0.1, 0.15) is 13.8 Å². The van der Waals surface area contributed by atoms with E-state index < -0.39 is 43.2 Å². The lowest BCUT2D eigenvalue weighted by Gasteiger charge is -2.40. The minimum absolute atomic E-state index is 0.359. The van der Waals surface area contributed by atoms with Gasteiger partial charge < -0.3 is 30.5 Å². The van der Waals surface area contributed by atoms with Gasteiger partial charge in [-0.1, -0.05) is 13.8 Å². The molecule has 1 rings (SSSR count). The average Bonchev–Trinajstić information content (AvgIpc) is 2.29. The quantitative estimate of drug-likeness (QED) is 0.425. The van der Waals surface area contributed by atoms with Gasteiger partial charge in [-0.25, -0.2) is 0 Å². The highest BCUT2D eigenvalue weighted by atomic mass is 16.7. The van der Waals surface area contributed by atoms with Gasteiger partial charge in [0.2, 0.25) is 6.29 Å². The first-order chi connectivity index (χ1) is 7.88. The maximum Gasteiger partial charge on any atom is 0.310 e. The maximum absolute atomic E-state index is 11.4. The number of ether oxygens (including phenoxy) is 2. The van der Waals surface area contributed by atoms with Gasteiger partial charge in [-0.2, -0.15) is 0 Å². The molecule has 0 radical (unpaired) electrons. The second kappa shape index (κ2) is 5.74. The molecule has 7 nitrogen and oxygen atoms in total. The van der Waals surface area contributed by atoms with Crippen LogP contribution in [0.3, 0.4) is 0 Å². The number of carbonyl (C=O) groups is 1. The van der Waals surface area contributed by atoms with Crippen molar-refractivity contribution in [1.82, 2.24) is 0 Å². The topological polar surface area (TPSA) is 122 Å². The van der Waals surface area contributed by atoms with Crippen LogP contribution in [-0.4, -0.2) is 58.5 Å². The van der Waals surface area contributed by atoms with E-state index >= 15 is 0 Å². The number of hydrogen-bond donors (Lipinski definition) is 4. The highest BCUT2D eigenvalue weighted by molar-refractivity contribution is 5.71. The van der Waals surface area contributed by atoms with E-state index in [9.17, 15) is 15.0 Å². The molecular weight excluding hydrogens is 230 g/mol. The standard InChI is InChI=1S/C10H19NO6/c1-4(2)9(15)17-10-6(11)8(14)7(13)5(3-12)16-10/h4-8,10,12-14H,3,11H2,1-2H3/t5-,6-,7+,8-,10?/m1/s1. The van der Waals surface area contributed by atoms with Crippen molar-refractivity contribution in [2.45, 2.75) is 44.5 Å². The van der Waals surface area contributed by atoms with Crippen molar-refractivity contribution >= 4 is 5.97 Å². The Morgan fingerprint density at radius 3 is 2.47 bits per heavy atom. The zero-order chi connectivity index (χ0) is 13.2. The molecule has 0 aliphatic carbocycles. The van der Waals surface area contributed by atoms with E-state index in [1.54, 1.807) is 13.8 Å². The number of aliphatic hydroxyl groups excluding tert-OH is 3. The molecule has 0 bridgehead atoms. The number of hydrogen-bond acceptors (Lipinski definition) is 7. The smallest absolute Gasteiger partial charge is 0.310 e. The molecule has 5 atom stereocenters. The number of nitrogens with two attached hydrogens (primary N) is 1. The monoisotopic (exact) mass is 249 g/mol. The molecule has 0 amide bonds. The fourth-order valence-corrected chi connectivity index (χ4v) is 1.46. The van der Waals surface area contributed by atoms with Gasteiger partial charge in [0.15, 0.2) is 0 Å². The summed E-state index contributed by atoms with van der Waals surface area (Å²) in [7, 11) is 0. The number of esters is 1. The van der Waals surface area contributed by atoms with E-state index in [-0.39, 0.29) is 5.92 Å². The maximum atomic E-state index is 11.4. The van der Waals surface area contributed by atoms with Gasteiger partial charge in [-0.05, 0) is 0 Å². The Bertz CT molecular complexity index is 270. The molecule has 17 heavy (non-hydrogen) atoms. The zero-order valence-corrected chi connectivity index (χ0v) is 9.81. The van der Waals surface area contributed by atoms with E-state index in [0.29, 0.717) is 0 Å². The summed E-state index contributed by atoms with van der Waals surface area (Å²) in [5.41, 5.74) is 5.58. The molecule has 5 N–H and O–H groups in total. The van der Waals surface area contributed by atoms with Gasteiger partial charge in [0.05, 0.1) is 18.6 Å². The Morgan fingerprint density at radius 1 is 1.41 bits per heavy atom. The summed E-state index contributed by atoms with van der Waals surface area (Å²) < 4.78 is 10.1. The Morgan fingerprint density at radius 2 is 2.00 bits per heavy atom. The molecule has 0 aromatic carbocycles. The fourth-order valence-electron chi connectivity index (χ4n) is 1.46. The average molecular weight is 249 g/mol. The van der Waals surface area contributed by atoms with E-state index in [2.05, 4.69) is 0 Å². The minimum Gasteiger partial charge on any atom is -0.434 e. The van der Waals surface area contributed by atoms with Gasteiger partial charge in [-0.15, -0.1) is 0 Å². The molecule has 100 valence electrons. The second-order valence-corrected chi connectivity index (χ2v) is 4.38. The first-order valence-electron chi connectivity index (χ1n) is 5.47. The van der Waals surface area contributed by atoms with Crippen LogP contribution in [0.4, 0.5) is 0 Å². The van der Waals surface area contributed by atoms with Crippen LogP contribution in [0.2, 0.25) is 0 Å². The molecule has 1 heterocycles. The molecule has 1 saturated heterocycles. The SMILES string of the molecule is CC(C)C(=O)OC1O[C@H](CO)[C@H](O)[C@H](O)[C@H]1N. The van der Waals surface area contributed by atoms with Crippen molar-refractivity contribution in [3.05, 3.63) is 0 Å². The lowest BCUT2D eigenvalue weighted by atomic mass is 9.98. The molecule has 1 fully saturated rings. The molecule has 0 spiro atoms. The summed E-state index contributed by atoms with van der Waals surface area (Å²) in [4.78, 5) is 11.4. The van der Waals surface area contributed by atoms with E-state index in [1.165, 1.54) is 0 Å². The Kier molecular flexibility index (Phi) is 4.84. The third-order valence-corrected chi connectivity index (χ3v) is 2.63. The Labute approximate surface area is 99.1 Å². The van der Waals surface area contributed by atoms with Crippen molar-refractivity contribution in [2.24, 2.45) is 11.7 Å². The van der Waals surface area contributed by atoms with Crippen LogP contribution < -0.4 is 5.73 Å². The van der Waals surface area contributed by atoms with Crippen molar-refractivity contribution in [2.75, 3.05) is 6.61 Å². The second-order valence-electron chi connectivity index (χ2n) is 4.38. The van der Waals surface area contributed by atoms with Gasteiger partial charge in [-0.3, -0.25) is 4.79 Å².